The molecule has 1 aliphatic rings. The Labute approximate surface area is 203 Å². The van der Waals surface area contributed by atoms with Crippen LogP contribution in [0.15, 0.2) is 97.3 Å². The van der Waals surface area contributed by atoms with Gasteiger partial charge < -0.3 is 4.57 Å². The second-order valence-electron chi connectivity index (χ2n) is 8.77. The third-order valence-corrected chi connectivity index (χ3v) is 7.27. The van der Waals surface area contributed by atoms with Gasteiger partial charge in [-0.3, -0.25) is 0 Å². The maximum absolute atomic E-state index is 6.20. The molecule has 5 aromatic rings. The minimum absolute atomic E-state index is 0.0769. The first-order valence-corrected chi connectivity index (χ1v) is 12.0. The summed E-state index contributed by atoms with van der Waals surface area (Å²) in [6, 6.07) is 32.1. The van der Waals surface area contributed by atoms with Crippen LogP contribution >= 0.6 is 23.2 Å². The number of aromatic nitrogens is 2. The number of imidazole rings is 1. The lowest BCUT2D eigenvalue weighted by atomic mass is 9.85. The lowest BCUT2D eigenvalue weighted by Crippen LogP contribution is -2.08. The van der Waals surface area contributed by atoms with Gasteiger partial charge in [0.25, 0.3) is 0 Å². The Hall–Kier alpha value is -3.07. The Bertz CT molecular complexity index is 1360. The predicted octanol–water partition coefficient (Wildman–Crippen LogP) is 7.86. The van der Waals surface area contributed by atoms with E-state index >= 15 is 0 Å². The van der Waals surface area contributed by atoms with Crippen LogP contribution < -0.4 is 0 Å². The van der Waals surface area contributed by atoms with Crippen molar-refractivity contribution in [2.45, 2.75) is 24.8 Å². The molecule has 0 amide bonds. The van der Waals surface area contributed by atoms with Crippen molar-refractivity contribution in [3.8, 4) is 0 Å². The molecular weight excluding hydrogens is 447 g/mol. The van der Waals surface area contributed by atoms with Crippen LogP contribution in [0, 0.1) is 0 Å². The molecule has 1 aliphatic carbocycles. The number of hydrogen-bond donors (Lipinski definition) is 0. The summed E-state index contributed by atoms with van der Waals surface area (Å²) in [5.74, 6) is 0.0769. The first-order chi connectivity index (χ1) is 16.2. The molecule has 1 aromatic heterocycles. The van der Waals surface area contributed by atoms with Gasteiger partial charge in [-0.1, -0.05) is 77.8 Å². The summed E-state index contributed by atoms with van der Waals surface area (Å²) in [5.41, 5.74) is 8.71. The summed E-state index contributed by atoms with van der Waals surface area (Å²) in [6.07, 6.45) is 4.10. The molecular formula is C29H22Cl2N2. The van der Waals surface area contributed by atoms with E-state index in [1.54, 1.807) is 0 Å². The van der Waals surface area contributed by atoms with Crippen LogP contribution in [0.3, 0.4) is 0 Å². The van der Waals surface area contributed by atoms with Crippen LogP contribution in [-0.2, 0) is 12.8 Å². The topological polar surface area (TPSA) is 17.8 Å². The molecule has 0 fully saturated rings. The molecule has 0 N–H and O–H groups in total. The molecule has 0 unspecified atom stereocenters. The quantitative estimate of drug-likeness (QED) is 0.245. The summed E-state index contributed by atoms with van der Waals surface area (Å²) in [5, 5.41) is 1.48. The molecule has 1 heterocycles. The Balaban J connectivity index is 1.45. The number of fused-ring (bicyclic) bond motifs is 2. The van der Waals surface area contributed by atoms with Gasteiger partial charge in [-0.15, -0.1) is 0 Å². The fourth-order valence-corrected chi connectivity index (χ4v) is 5.39. The molecule has 2 nitrogen and oxygen atoms in total. The fraction of sp³-hybridized carbons (Fsp3) is 0.138. The zero-order valence-corrected chi connectivity index (χ0v) is 19.5. The molecule has 33 heavy (non-hydrogen) atoms. The number of rotatable bonds is 4. The minimum Gasteiger partial charge on any atom is -0.327 e. The lowest BCUT2D eigenvalue weighted by molar-refractivity contribution is 0.543. The first-order valence-electron chi connectivity index (χ1n) is 11.2. The van der Waals surface area contributed by atoms with Crippen LogP contribution in [0.1, 0.15) is 39.8 Å². The second-order valence-corrected chi connectivity index (χ2v) is 9.64. The highest BCUT2D eigenvalue weighted by Gasteiger charge is 2.24. The molecule has 0 atom stereocenters. The van der Waals surface area contributed by atoms with Gasteiger partial charge in [0.2, 0.25) is 0 Å². The molecule has 6 rings (SSSR count). The van der Waals surface area contributed by atoms with E-state index in [1.165, 1.54) is 33.3 Å². The van der Waals surface area contributed by atoms with Crippen molar-refractivity contribution in [2.75, 3.05) is 0 Å². The first kappa shape index (κ1) is 20.5. The number of benzene rings is 4. The normalized spacial score (nSPS) is 13.7. The summed E-state index contributed by atoms with van der Waals surface area (Å²) < 4.78 is 2.36. The Morgan fingerprint density at radius 2 is 1.24 bits per heavy atom. The van der Waals surface area contributed by atoms with E-state index in [2.05, 4.69) is 71.3 Å². The number of nitrogens with zero attached hydrogens (tertiary/aromatic N) is 2. The Morgan fingerprint density at radius 3 is 1.82 bits per heavy atom. The highest BCUT2D eigenvalue weighted by molar-refractivity contribution is 6.30. The van der Waals surface area contributed by atoms with E-state index in [4.69, 9.17) is 28.2 Å². The predicted molar refractivity (Wildman–Crippen MR) is 136 cm³/mol. The van der Waals surface area contributed by atoms with E-state index in [-0.39, 0.29) is 5.92 Å². The summed E-state index contributed by atoms with van der Waals surface area (Å²) in [7, 11) is 0. The fourth-order valence-electron chi connectivity index (χ4n) is 5.13. The van der Waals surface area contributed by atoms with Gasteiger partial charge in [-0.25, -0.2) is 4.98 Å². The van der Waals surface area contributed by atoms with Gasteiger partial charge in [-0.05, 0) is 77.1 Å². The van der Waals surface area contributed by atoms with Crippen LogP contribution in [0.4, 0.5) is 0 Å². The molecule has 0 radical (unpaired) electrons. The monoisotopic (exact) mass is 468 g/mol. The van der Waals surface area contributed by atoms with E-state index in [0.717, 1.165) is 28.4 Å². The smallest absolute Gasteiger partial charge is 0.0961 e. The third-order valence-electron chi connectivity index (χ3n) is 6.76. The van der Waals surface area contributed by atoms with E-state index in [1.807, 2.05) is 30.6 Å². The standard InChI is InChI=1S/C29H22Cl2N2/c30-24-10-5-19(6-11-24)29(20-7-12-25(31)13-8-20)23-9-14-27-28(17-23)33(18-32-27)26-15-21-3-1-2-4-22(21)16-26/h1-14,17-18,26,29H,15-16H2. The van der Waals surface area contributed by atoms with Crippen molar-refractivity contribution in [3.63, 3.8) is 0 Å². The van der Waals surface area contributed by atoms with Crippen molar-refractivity contribution < 1.29 is 0 Å². The lowest BCUT2D eigenvalue weighted by Gasteiger charge is -2.20. The highest BCUT2D eigenvalue weighted by Crippen LogP contribution is 2.37. The average Bonchev–Trinajstić information content (AvgIpc) is 3.45. The molecule has 0 bridgehead atoms. The van der Waals surface area contributed by atoms with Crippen molar-refractivity contribution in [1.29, 1.82) is 0 Å². The van der Waals surface area contributed by atoms with Gasteiger partial charge >= 0.3 is 0 Å². The number of hydrogen-bond acceptors (Lipinski definition) is 1. The molecule has 0 spiro atoms. The van der Waals surface area contributed by atoms with Crippen molar-refractivity contribution >= 4 is 34.2 Å². The van der Waals surface area contributed by atoms with Crippen LogP contribution in [0.25, 0.3) is 11.0 Å². The molecule has 4 aromatic carbocycles. The minimum atomic E-state index is 0.0769. The van der Waals surface area contributed by atoms with Gasteiger partial charge in [0.15, 0.2) is 0 Å². The summed E-state index contributed by atoms with van der Waals surface area (Å²) in [4.78, 5) is 4.72. The van der Waals surface area contributed by atoms with Crippen LogP contribution in [-0.4, -0.2) is 9.55 Å². The van der Waals surface area contributed by atoms with Gasteiger partial charge in [0.1, 0.15) is 0 Å². The zero-order valence-electron chi connectivity index (χ0n) is 18.0. The SMILES string of the molecule is Clc1ccc(C(c2ccc(Cl)cc2)c2ccc3ncn(C4Cc5ccccc5C4)c3c2)cc1. The van der Waals surface area contributed by atoms with Crippen molar-refractivity contribution in [1.82, 2.24) is 9.55 Å². The molecule has 0 saturated carbocycles. The molecule has 162 valence electrons. The molecule has 4 heteroatoms. The Kier molecular flexibility index (Phi) is 5.21. The van der Waals surface area contributed by atoms with E-state index in [0.29, 0.717) is 6.04 Å². The summed E-state index contributed by atoms with van der Waals surface area (Å²) >= 11 is 12.4. The van der Waals surface area contributed by atoms with Gasteiger partial charge in [-0.2, -0.15) is 0 Å². The van der Waals surface area contributed by atoms with Crippen LogP contribution in [0.2, 0.25) is 10.0 Å². The molecule has 0 aliphatic heterocycles. The van der Waals surface area contributed by atoms with Crippen molar-refractivity contribution in [2.24, 2.45) is 0 Å². The maximum Gasteiger partial charge on any atom is 0.0961 e. The second kappa shape index (κ2) is 8.37. The zero-order chi connectivity index (χ0) is 22.4. The largest absolute Gasteiger partial charge is 0.327 e. The van der Waals surface area contributed by atoms with E-state index < -0.39 is 0 Å². The Morgan fingerprint density at radius 1 is 0.697 bits per heavy atom. The average molecular weight is 469 g/mol. The highest BCUT2D eigenvalue weighted by atomic mass is 35.5. The van der Waals surface area contributed by atoms with Gasteiger partial charge in [0.05, 0.1) is 17.4 Å². The van der Waals surface area contributed by atoms with Crippen LogP contribution in [0.5, 0.6) is 0 Å². The van der Waals surface area contributed by atoms with Gasteiger partial charge in [0, 0.05) is 22.0 Å². The maximum atomic E-state index is 6.20. The third kappa shape index (κ3) is 3.84. The summed E-state index contributed by atoms with van der Waals surface area (Å²) in [6.45, 7) is 0. The number of halogens is 2. The molecule has 0 saturated heterocycles. The van der Waals surface area contributed by atoms with Crippen molar-refractivity contribution in [3.05, 3.63) is 135 Å². The van der Waals surface area contributed by atoms with E-state index in [9.17, 15) is 0 Å².